The van der Waals surface area contributed by atoms with Crippen LogP contribution in [0.4, 0.5) is 0 Å². The van der Waals surface area contributed by atoms with Gasteiger partial charge >= 0.3 is 0 Å². The summed E-state index contributed by atoms with van der Waals surface area (Å²) in [5.41, 5.74) is 1.09. The highest BCUT2D eigenvalue weighted by Crippen LogP contribution is 2.22. The molecule has 9 nitrogen and oxygen atoms in total. The standard InChI is InChI=1S/C21H31N7O2/c1-22-21(25-16-8-9-19-26-18(14-29-2)27-28(19)13-16)24-12-15-7-10-20(23-11-15)30-17-5-3-4-6-17/h7,10-11,16-17H,3-6,8-9,12-14H2,1-2H3,(H2,22,24,25). The Hall–Kier alpha value is -2.68. The van der Waals surface area contributed by atoms with E-state index in [1.807, 2.05) is 16.9 Å². The van der Waals surface area contributed by atoms with Gasteiger partial charge in [-0.05, 0) is 37.7 Å². The van der Waals surface area contributed by atoms with Crippen molar-refractivity contribution in [2.45, 2.75) is 70.4 Å². The molecule has 2 aromatic rings. The fraction of sp³-hybridized carbons (Fsp3) is 0.619. The zero-order chi connectivity index (χ0) is 20.8. The van der Waals surface area contributed by atoms with Gasteiger partial charge in [0.2, 0.25) is 5.88 Å². The summed E-state index contributed by atoms with van der Waals surface area (Å²) in [6.45, 7) is 1.86. The lowest BCUT2D eigenvalue weighted by molar-refractivity contribution is 0.177. The Kier molecular flexibility index (Phi) is 6.78. The van der Waals surface area contributed by atoms with Crippen LogP contribution in [-0.2, 0) is 30.9 Å². The van der Waals surface area contributed by atoms with Crippen LogP contribution < -0.4 is 15.4 Å². The summed E-state index contributed by atoms with van der Waals surface area (Å²) in [5, 5.41) is 11.4. The van der Waals surface area contributed by atoms with Crippen molar-refractivity contribution >= 4 is 5.96 Å². The molecular weight excluding hydrogens is 382 g/mol. The molecule has 0 aromatic carbocycles. The van der Waals surface area contributed by atoms with Gasteiger partial charge in [0.15, 0.2) is 11.8 Å². The third kappa shape index (κ3) is 5.27. The number of rotatable bonds is 7. The zero-order valence-electron chi connectivity index (χ0n) is 17.8. The van der Waals surface area contributed by atoms with Crippen molar-refractivity contribution < 1.29 is 9.47 Å². The quantitative estimate of drug-likeness (QED) is 0.528. The summed E-state index contributed by atoms with van der Waals surface area (Å²) in [5.74, 6) is 3.25. The number of ether oxygens (including phenoxy) is 2. The van der Waals surface area contributed by atoms with E-state index in [9.17, 15) is 0 Å². The van der Waals surface area contributed by atoms with E-state index < -0.39 is 0 Å². The minimum Gasteiger partial charge on any atom is -0.474 e. The molecule has 2 N–H and O–H groups in total. The molecule has 162 valence electrons. The van der Waals surface area contributed by atoms with E-state index in [1.54, 1.807) is 14.2 Å². The Morgan fingerprint density at radius 3 is 2.87 bits per heavy atom. The Morgan fingerprint density at radius 1 is 1.27 bits per heavy atom. The molecule has 1 aliphatic heterocycles. The van der Waals surface area contributed by atoms with E-state index in [4.69, 9.17) is 9.47 Å². The first kappa shape index (κ1) is 20.6. The Morgan fingerprint density at radius 2 is 2.13 bits per heavy atom. The van der Waals surface area contributed by atoms with Crippen LogP contribution >= 0.6 is 0 Å². The monoisotopic (exact) mass is 413 g/mol. The van der Waals surface area contributed by atoms with Crippen molar-refractivity contribution in [3.63, 3.8) is 0 Å². The molecule has 9 heteroatoms. The number of nitrogens with one attached hydrogen (secondary N) is 2. The van der Waals surface area contributed by atoms with Gasteiger partial charge in [-0.3, -0.25) is 4.99 Å². The van der Waals surface area contributed by atoms with E-state index >= 15 is 0 Å². The molecule has 2 aromatic heterocycles. The molecule has 1 fully saturated rings. The molecule has 1 atom stereocenters. The number of nitrogens with zero attached hydrogens (tertiary/aromatic N) is 5. The van der Waals surface area contributed by atoms with Gasteiger partial charge in [0.25, 0.3) is 0 Å². The second-order valence-corrected chi connectivity index (χ2v) is 7.89. The lowest BCUT2D eigenvalue weighted by Crippen LogP contribution is -2.46. The predicted molar refractivity (Wildman–Crippen MR) is 113 cm³/mol. The van der Waals surface area contributed by atoms with Gasteiger partial charge in [0, 0.05) is 45.4 Å². The van der Waals surface area contributed by atoms with Gasteiger partial charge in [-0.25, -0.2) is 14.6 Å². The molecule has 1 saturated carbocycles. The van der Waals surface area contributed by atoms with E-state index in [1.165, 1.54) is 12.8 Å². The summed E-state index contributed by atoms with van der Waals surface area (Å²) in [7, 11) is 3.44. The number of hydrogen-bond donors (Lipinski definition) is 2. The minimum atomic E-state index is 0.251. The van der Waals surface area contributed by atoms with Crippen LogP contribution in [0.3, 0.4) is 0 Å². The topological polar surface area (TPSA) is 98.5 Å². The first-order valence-electron chi connectivity index (χ1n) is 10.7. The summed E-state index contributed by atoms with van der Waals surface area (Å²) in [6, 6.07) is 4.26. The predicted octanol–water partition coefficient (Wildman–Crippen LogP) is 1.82. The number of aromatic nitrogens is 4. The van der Waals surface area contributed by atoms with Crippen molar-refractivity contribution in [2.75, 3.05) is 14.2 Å². The van der Waals surface area contributed by atoms with Crippen LogP contribution in [-0.4, -0.2) is 52.0 Å². The number of fused-ring (bicyclic) bond motifs is 1. The van der Waals surface area contributed by atoms with Gasteiger partial charge < -0.3 is 20.1 Å². The highest BCUT2D eigenvalue weighted by Gasteiger charge is 2.22. The minimum absolute atomic E-state index is 0.251. The van der Waals surface area contributed by atoms with Crippen molar-refractivity contribution in [1.82, 2.24) is 30.4 Å². The van der Waals surface area contributed by atoms with Crippen LogP contribution in [0.25, 0.3) is 0 Å². The second kappa shape index (κ2) is 9.88. The van der Waals surface area contributed by atoms with Gasteiger partial charge in [0.05, 0.1) is 6.54 Å². The van der Waals surface area contributed by atoms with E-state index in [0.29, 0.717) is 25.1 Å². The van der Waals surface area contributed by atoms with Gasteiger partial charge in [0.1, 0.15) is 18.5 Å². The lowest BCUT2D eigenvalue weighted by Gasteiger charge is -2.25. The number of methoxy groups -OCH3 is 1. The normalized spacial score (nSPS) is 19.5. The van der Waals surface area contributed by atoms with Crippen LogP contribution in [0.5, 0.6) is 5.88 Å². The maximum atomic E-state index is 5.93. The number of hydrogen-bond acceptors (Lipinski definition) is 6. The van der Waals surface area contributed by atoms with E-state index in [2.05, 4.69) is 36.8 Å². The summed E-state index contributed by atoms with van der Waals surface area (Å²) in [6.07, 6.45) is 8.85. The maximum Gasteiger partial charge on any atom is 0.213 e. The van der Waals surface area contributed by atoms with Crippen LogP contribution in [0.15, 0.2) is 23.3 Å². The van der Waals surface area contributed by atoms with Crippen LogP contribution in [0, 0.1) is 0 Å². The molecule has 0 spiro atoms. The Balaban J connectivity index is 1.25. The first-order chi connectivity index (χ1) is 14.7. The molecule has 30 heavy (non-hydrogen) atoms. The third-order valence-electron chi connectivity index (χ3n) is 5.59. The molecule has 1 unspecified atom stereocenters. The number of pyridine rings is 1. The van der Waals surface area contributed by atoms with E-state index in [0.717, 1.165) is 55.4 Å². The van der Waals surface area contributed by atoms with Crippen molar-refractivity contribution in [2.24, 2.45) is 4.99 Å². The largest absolute Gasteiger partial charge is 0.474 e. The van der Waals surface area contributed by atoms with Crippen molar-refractivity contribution in [1.29, 1.82) is 0 Å². The van der Waals surface area contributed by atoms with Crippen LogP contribution in [0.1, 0.15) is 49.3 Å². The van der Waals surface area contributed by atoms with Crippen molar-refractivity contribution in [3.8, 4) is 5.88 Å². The molecule has 2 aliphatic rings. The fourth-order valence-corrected chi connectivity index (χ4v) is 4.00. The summed E-state index contributed by atoms with van der Waals surface area (Å²) < 4.78 is 13.0. The average Bonchev–Trinajstić information content (AvgIpc) is 3.41. The smallest absolute Gasteiger partial charge is 0.213 e. The lowest BCUT2D eigenvalue weighted by atomic mass is 10.1. The van der Waals surface area contributed by atoms with Crippen molar-refractivity contribution in [3.05, 3.63) is 35.5 Å². The van der Waals surface area contributed by atoms with Gasteiger partial charge in [-0.2, -0.15) is 5.10 Å². The highest BCUT2D eigenvalue weighted by molar-refractivity contribution is 5.79. The van der Waals surface area contributed by atoms with Gasteiger partial charge in [-0.1, -0.05) is 6.07 Å². The summed E-state index contributed by atoms with van der Waals surface area (Å²) >= 11 is 0. The fourth-order valence-electron chi connectivity index (χ4n) is 4.00. The van der Waals surface area contributed by atoms with Gasteiger partial charge in [-0.15, -0.1) is 0 Å². The molecular formula is C21H31N7O2. The highest BCUT2D eigenvalue weighted by atomic mass is 16.5. The maximum absolute atomic E-state index is 5.93. The molecule has 0 saturated heterocycles. The second-order valence-electron chi connectivity index (χ2n) is 7.89. The molecule has 3 heterocycles. The SMILES string of the molecule is CN=C(NCc1ccc(OC2CCCC2)nc1)NC1CCc2nc(COC)nn2C1. The number of guanidine groups is 1. The molecule has 1 aliphatic carbocycles. The number of aryl methyl sites for hydroxylation is 1. The molecule has 0 bridgehead atoms. The first-order valence-corrected chi connectivity index (χ1v) is 10.7. The molecule has 4 rings (SSSR count). The summed E-state index contributed by atoms with van der Waals surface area (Å²) in [4.78, 5) is 13.3. The third-order valence-corrected chi connectivity index (χ3v) is 5.59. The Labute approximate surface area is 177 Å². The Bertz CT molecular complexity index is 844. The molecule has 0 radical (unpaired) electrons. The van der Waals surface area contributed by atoms with Crippen LogP contribution in [0.2, 0.25) is 0 Å². The average molecular weight is 414 g/mol. The molecule has 0 amide bonds. The van der Waals surface area contributed by atoms with E-state index in [-0.39, 0.29) is 6.04 Å². The zero-order valence-corrected chi connectivity index (χ0v) is 17.8. The number of aliphatic imine (C=N–C) groups is 1.